The molecule has 1 saturated heterocycles. The standard InChI is InChI=1S/C19H10F4I4O8S/c1-19(2-3-34-19)4-33-17(28)5-6(12(25)14(27)13(26)11(5)24)18(29)35-15-7(20)9(22)16(36(30,31)32)10(23)8(15)21/h2-4H2,1H3,(H,30,31,32). The van der Waals surface area contributed by atoms with Gasteiger partial charge in [-0.3, -0.25) is 4.55 Å². The Morgan fingerprint density at radius 2 is 1.36 bits per heavy atom. The molecule has 0 spiro atoms. The molecule has 1 aliphatic heterocycles. The van der Waals surface area contributed by atoms with E-state index in [4.69, 9.17) is 14.0 Å². The van der Waals surface area contributed by atoms with Gasteiger partial charge in [0.15, 0.2) is 16.5 Å². The Bertz CT molecular complexity index is 1380. The summed E-state index contributed by atoms with van der Waals surface area (Å²) in [6.07, 6.45) is 0.614. The van der Waals surface area contributed by atoms with Gasteiger partial charge in [-0.15, -0.1) is 0 Å². The van der Waals surface area contributed by atoms with E-state index in [9.17, 15) is 35.6 Å². The van der Waals surface area contributed by atoms with Gasteiger partial charge in [-0.25, -0.2) is 18.4 Å². The number of hydrogen-bond donors (Lipinski definition) is 1. The van der Waals surface area contributed by atoms with Gasteiger partial charge in [0.25, 0.3) is 0 Å². The minimum atomic E-state index is -5.71. The van der Waals surface area contributed by atoms with E-state index < -0.39 is 67.1 Å². The minimum absolute atomic E-state index is 0.109. The third-order valence-corrected chi connectivity index (χ3v) is 13.2. The zero-order valence-corrected chi connectivity index (χ0v) is 26.8. The lowest BCUT2D eigenvalue weighted by molar-refractivity contribution is -0.158. The van der Waals surface area contributed by atoms with Crippen LogP contribution in [-0.4, -0.2) is 43.7 Å². The normalized spacial score (nSPS) is 17.5. The van der Waals surface area contributed by atoms with Gasteiger partial charge in [-0.2, -0.15) is 17.2 Å². The smallest absolute Gasteiger partial charge is 0.345 e. The van der Waals surface area contributed by atoms with Crippen LogP contribution in [0.2, 0.25) is 0 Å². The Morgan fingerprint density at radius 1 is 0.917 bits per heavy atom. The van der Waals surface area contributed by atoms with E-state index in [1.807, 2.05) is 45.2 Å². The molecule has 1 unspecified atom stereocenters. The molecule has 1 heterocycles. The first-order valence-corrected chi connectivity index (χ1v) is 15.0. The molecule has 196 valence electrons. The third-order valence-electron chi connectivity index (χ3n) is 4.90. The summed E-state index contributed by atoms with van der Waals surface area (Å²) in [6.45, 7) is 2.02. The van der Waals surface area contributed by atoms with Crippen molar-refractivity contribution in [1.82, 2.24) is 0 Å². The number of esters is 2. The van der Waals surface area contributed by atoms with Gasteiger partial charge in [0.05, 0.1) is 17.7 Å². The lowest BCUT2D eigenvalue weighted by Crippen LogP contribution is -2.45. The predicted octanol–water partition coefficient (Wildman–Crippen LogP) is 5.46. The number of carbonyl (C=O) groups is 2. The molecule has 1 N–H and O–H groups in total. The molecule has 36 heavy (non-hydrogen) atoms. The highest BCUT2D eigenvalue weighted by atomic mass is 127. The molecule has 0 radical (unpaired) electrons. The van der Waals surface area contributed by atoms with Gasteiger partial charge >= 0.3 is 22.1 Å². The van der Waals surface area contributed by atoms with Crippen LogP contribution < -0.4 is 4.74 Å². The predicted molar refractivity (Wildman–Crippen MR) is 148 cm³/mol. The van der Waals surface area contributed by atoms with Crippen LogP contribution in [0.25, 0.3) is 0 Å². The number of rotatable bonds is 6. The SMILES string of the molecule is CC1(COC(=O)c2c(I)c(I)c(I)c(I)c2C(=O)Oc2c(F)c(F)c(S(=O)(=O)O)c(F)c2F)CCO1. The van der Waals surface area contributed by atoms with Crippen LogP contribution in [0.5, 0.6) is 5.75 Å². The fourth-order valence-corrected chi connectivity index (χ4v) is 7.18. The van der Waals surface area contributed by atoms with Crippen molar-refractivity contribution in [3.05, 3.63) is 48.7 Å². The van der Waals surface area contributed by atoms with Crippen LogP contribution >= 0.6 is 90.4 Å². The van der Waals surface area contributed by atoms with Crippen LogP contribution in [0, 0.1) is 37.5 Å². The second-order valence-electron chi connectivity index (χ2n) is 7.41. The van der Waals surface area contributed by atoms with Crippen molar-refractivity contribution in [2.75, 3.05) is 13.2 Å². The van der Waals surface area contributed by atoms with E-state index >= 15 is 0 Å². The molecular formula is C19H10F4I4O8S. The molecule has 0 aromatic heterocycles. The second kappa shape index (κ2) is 11.2. The molecule has 1 fully saturated rings. The molecular weight excluding hydrogens is 972 g/mol. The average molecular weight is 982 g/mol. The molecule has 0 aliphatic carbocycles. The summed E-state index contributed by atoms with van der Waals surface area (Å²) in [5.74, 6) is -14.3. The van der Waals surface area contributed by atoms with Gasteiger partial charge in [-0.05, 0) is 97.3 Å². The zero-order chi connectivity index (χ0) is 27.3. The van der Waals surface area contributed by atoms with Crippen LogP contribution in [0.4, 0.5) is 17.6 Å². The van der Waals surface area contributed by atoms with Crippen LogP contribution in [-0.2, 0) is 19.6 Å². The Balaban J connectivity index is 2.11. The zero-order valence-electron chi connectivity index (χ0n) is 17.4. The van der Waals surface area contributed by atoms with Crippen molar-refractivity contribution in [3.8, 4) is 5.75 Å². The summed E-state index contributed by atoms with van der Waals surface area (Å²) in [7, 11) is -5.71. The fourth-order valence-electron chi connectivity index (χ4n) is 2.92. The van der Waals surface area contributed by atoms with Gasteiger partial charge in [0, 0.05) is 20.7 Å². The van der Waals surface area contributed by atoms with E-state index in [1.165, 1.54) is 0 Å². The van der Waals surface area contributed by atoms with Gasteiger partial charge in [0.2, 0.25) is 17.4 Å². The summed E-state index contributed by atoms with van der Waals surface area (Å²) in [4.78, 5) is 23.7. The summed E-state index contributed by atoms with van der Waals surface area (Å²) >= 11 is 7.19. The highest BCUT2D eigenvalue weighted by molar-refractivity contribution is 14.1. The molecule has 3 rings (SSSR count). The summed E-state index contributed by atoms with van der Waals surface area (Å²) in [5.41, 5.74) is -1.55. The average Bonchev–Trinajstić information content (AvgIpc) is 2.77. The molecule has 0 bridgehead atoms. The number of ether oxygens (including phenoxy) is 3. The topological polar surface area (TPSA) is 116 Å². The van der Waals surface area contributed by atoms with Crippen molar-refractivity contribution in [2.45, 2.75) is 23.8 Å². The number of benzene rings is 2. The van der Waals surface area contributed by atoms with Crippen molar-refractivity contribution in [1.29, 1.82) is 0 Å². The lowest BCUT2D eigenvalue weighted by Gasteiger charge is -2.37. The molecule has 0 saturated carbocycles. The van der Waals surface area contributed by atoms with Crippen LogP contribution in [0.3, 0.4) is 0 Å². The first-order valence-electron chi connectivity index (χ1n) is 9.24. The van der Waals surface area contributed by atoms with E-state index in [-0.39, 0.29) is 19.3 Å². The Morgan fingerprint density at radius 3 is 1.75 bits per heavy atom. The van der Waals surface area contributed by atoms with Gasteiger partial charge in [-0.1, -0.05) is 0 Å². The van der Waals surface area contributed by atoms with Crippen molar-refractivity contribution >= 4 is 112 Å². The number of hydrogen-bond acceptors (Lipinski definition) is 7. The first-order chi connectivity index (χ1) is 16.5. The molecule has 2 aromatic rings. The third kappa shape index (κ3) is 5.74. The Hall–Kier alpha value is -0.110. The summed E-state index contributed by atoms with van der Waals surface area (Å²) in [5, 5.41) is 0. The molecule has 1 atom stereocenters. The van der Waals surface area contributed by atoms with Crippen LogP contribution in [0.15, 0.2) is 4.90 Å². The lowest BCUT2D eigenvalue weighted by atomic mass is 9.99. The maximum atomic E-state index is 14.4. The monoisotopic (exact) mass is 982 g/mol. The fraction of sp³-hybridized carbons (Fsp3) is 0.263. The van der Waals surface area contributed by atoms with Crippen LogP contribution in [0.1, 0.15) is 34.1 Å². The van der Waals surface area contributed by atoms with E-state index in [0.717, 1.165) is 0 Å². The van der Waals surface area contributed by atoms with Crippen molar-refractivity contribution in [3.63, 3.8) is 0 Å². The Labute approximate surface area is 255 Å². The molecule has 1 aliphatic rings. The first kappa shape index (κ1) is 30.4. The minimum Gasteiger partial charge on any atom is -0.459 e. The molecule has 2 aromatic carbocycles. The highest BCUT2D eigenvalue weighted by Crippen LogP contribution is 2.37. The summed E-state index contributed by atoms with van der Waals surface area (Å²) in [6, 6.07) is 0. The highest BCUT2D eigenvalue weighted by Gasteiger charge is 2.38. The van der Waals surface area contributed by atoms with Crippen molar-refractivity contribution in [2.24, 2.45) is 0 Å². The maximum absolute atomic E-state index is 14.4. The maximum Gasteiger partial charge on any atom is 0.345 e. The van der Waals surface area contributed by atoms with E-state index in [1.54, 1.807) is 52.1 Å². The van der Waals surface area contributed by atoms with Gasteiger partial charge < -0.3 is 14.2 Å². The molecule has 8 nitrogen and oxygen atoms in total. The van der Waals surface area contributed by atoms with Crippen molar-refractivity contribution < 1.29 is 54.3 Å². The quantitative estimate of drug-likeness (QED) is 0.0773. The summed E-state index contributed by atoms with van der Waals surface area (Å²) < 4.78 is 105. The largest absolute Gasteiger partial charge is 0.459 e. The van der Waals surface area contributed by atoms with Gasteiger partial charge in [0.1, 0.15) is 12.2 Å². The number of carbonyl (C=O) groups excluding carboxylic acids is 2. The second-order valence-corrected chi connectivity index (χ2v) is 13.1. The number of halogens is 8. The molecule has 17 heteroatoms. The van der Waals surface area contributed by atoms with E-state index in [0.29, 0.717) is 20.2 Å². The Kier molecular flexibility index (Phi) is 9.44. The molecule has 0 amide bonds. The van der Waals surface area contributed by atoms with E-state index in [2.05, 4.69) is 4.74 Å².